The van der Waals surface area contributed by atoms with Crippen molar-refractivity contribution >= 4 is 54.5 Å². The fraction of sp³-hybridized carbons (Fsp3) is 0.273. The summed E-state index contributed by atoms with van der Waals surface area (Å²) in [4.78, 5) is 3.01. The highest BCUT2D eigenvalue weighted by Crippen LogP contribution is 2.42. The van der Waals surface area contributed by atoms with Crippen LogP contribution in [0.25, 0.3) is 0 Å². The molecule has 2 aromatic rings. The summed E-state index contributed by atoms with van der Waals surface area (Å²) >= 11 is 11.0. The second-order valence-electron chi connectivity index (χ2n) is 3.44. The highest BCUT2D eigenvalue weighted by molar-refractivity contribution is 9.11. The molecule has 0 N–H and O–H groups in total. The lowest BCUT2D eigenvalue weighted by molar-refractivity contribution is 1.20. The molecule has 0 aliphatic rings. The first-order chi connectivity index (χ1) is 7.09. The second kappa shape index (κ2) is 4.70. The molecule has 2 heterocycles. The number of hydrogen-bond donors (Lipinski definition) is 0. The van der Waals surface area contributed by atoms with Gasteiger partial charge in [0, 0.05) is 14.2 Å². The van der Waals surface area contributed by atoms with Gasteiger partial charge in [0.2, 0.25) is 0 Å². The third kappa shape index (κ3) is 2.38. The quantitative estimate of drug-likeness (QED) is 0.601. The maximum atomic E-state index is 3.78. The molecule has 0 nitrogen and oxygen atoms in total. The molecular weight excluding hydrogens is 356 g/mol. The summed E-state index contributed by atoms with van der Waals surface area (Å²) < 4.78 is 1.21. The Balaban J connectivity index is 2.40. The summed E-state index contributed by atoms with van der Waals surface area (Å²) in [5, 5.41) is 4.41. The number of alkyl halides is 1. The Morgan fingerprint density at radius 2 is 2.00 bits per heavy atom. The average molecular weight is 366 g/mol. The molecule has 0 radical (unpaired) electrons. The number of hydrogen-bond acceptors (Lipinski definition) is 2. The molecule has 0 aromatic carbocycles. The Hall–Kier alpha value is 0.360. The van der Waals surface area contributed by atoms with Crippen LogP contribution in [-0.2, 0) is 0 Å². The van der Waals surface area contributed by atoms with E-state index in [0.29, 0.717) is 4.83 Å². The Kier molecular flexibility index (Phi) is 3.71. The van der Waals surface area contributed by atoms with Crippen LogP contribution in [0, 0.1) is 13.8 Å². The first kappa shape index (κ1) is 11.8. The molecule has 0 amide bonds. The molecule has 0 bridgehead atoms. The van der Waals surface area contributed by atoms with Crippen LogP contribution < -0.4 is 0 Å². The van der Waals surface area contributed by atoms with Crippen molar-refractivity contribution < 1.29 is 0 Å². The van der Waals surface area contributed by atoms with Gasteiger partial charge < -0.3 is 0 Å². The van der Waals surface area contributed by atoms with Crippen LogP contribution in [0.3, 0.4) is 0 Å². The van der Waals surface area contributed by atoms with Crippen LogP contribution in [0.2, 0.25) is 0 Å². The molecule has 0 saturated heterocycles. The molecule has 2 aromatic heterocycles. The van der Waals surface area contributed by atoms with Gasteiger partial charge in [-0.2, -0.15) is 11.3 Å². The van der Waals surface area contributed by atoms with Crippen molar-refractivity contribution in [3.8, 4) is 0 Å². The minimum atomic E-state index is 0.317. The predicted molar refractivity (Wildman–Crippen MR) is 76.6 cm³/mol. The molecule has 0 saturated carbocycles. The van der Waals surface area contributed by atoms with Gasteiger partial charge in [0.1, 0.15) is 0 Å². The van der Waals surface area contributed by atoms with Crippen molar-refractivity contribution in [1.29, 1.82) is 0 Å². The van der Waals surface area contributed by atoms with E-state index in [1.54, 1.807) is 11.3 Å². The Morgan fingerprint density at radius 3 is 2.47 bits per heavy atom. The Labute approximate surface area is 115 Å². The Morgan fingerprint density at radius 1 is 1.27 bits per heavy atom. The number of halogens is 2. The van der Waals surface area contributed by atoms with Gasteiger partial charge in [0.15, 0.2) is 0 Å². The van der Waals surface area contributed by atoms with Crippen LogP contribution in [-0.4, -0.2) is 0 Å². The molecule has 80 valence electrons. The summed E-state index contributed by atoms with van der Waals surface area (Å²) in [6.45, 7) is 4.30. The summed E-state index contributed by atoms with van der Waals surface area (Å²) in [6.07, 6.45) is 0. The number of thiophene rings is 2. The lowest BCUT2D eigenvalue weighted by Gasteiger charge is -2.08. The number of rotatable bonds is 2. The minimum absolute atomic E-state index is 0.317. The third-order valence-corrected chi connectivity index (χ3v) is 6.40. The lowest BCUT2D eigenvalue weighted by Crippen LogP contribution is -1.89. The molecule has 0 fully saturated rings. The van der Waals surface area contributed by atoms with Gasteiger partial charge in [-0.1, -0.05) is 15.9 Å². The third-order valence-electron chi connectivity index (χ3n) is 2.23. The molecule has 1 atom stereocenters. The minimum Gasteiger partial charge on any atom is -0.152 e. The van der Waals surface area contributed by atoms with Crippen molar-refractivity contribution in [3.05, 3.63) is 42.2 Å². The zero-order valence-corrected chi connectivity index (χ0v) is 13.2. The van der Waals surface area contributed by atoms with E-state index in [2.05, 4.69) is 62.5 Å². The van der Waals surface area contributed by atoms with Crippen LogP contribution in [0.4, 0.5) is 0 Å². The highest BCUT2D eigenvalue weighted by Gasteiger charge is 2.18. The van der Waals surface area contributed by atoms with Gasteiger partial charge in [-0.25, -0.2) is 0 Å². The second-order valence-corrected chi connectivity index (χ2v) is 7.24. The molecule has 0 aliphatic heterocycles. The summed E-state index contributed by atoms with van der Waals surface area (Å²) in [7, 11) is 0. The van der Waals surface area contributed by atoms with E-state index in [1.165, 1.54) is 25.4 Å². The largest absolute Gasteiger partial charge is 0.152 e. The monoisotopic (exact) mass is 364 g/mol. The van der Waals surface area contributed by atoms with Crippen molar-refractivity contribution in [2.24, 2.45) is 0 Å². The predicted octanol–water partition coefficient (Wildman–Crippen LogP) is 5.67. The first-order valence-electron chi connectivity index (χ1n) is 4.52. The van der Waals surface area contributed by atoms with Crippen molar-refractivity contribution in [1.82, 2.24) is 0 Å². The highest BCUT2D eigenvalue weighted by atomic mass is 79.9. The van der Waals surface area contributed by atoms with Crippen molar-refractivity contribution in [3.63, 3.8) is 0 Å². The van der Waals surface area contributed by atoms with Crippen LogP contribution >= 0.6 is 54.5 Å². The van der Waals surface area contributed by atoms with Gasteiger partial charge >= 0.3 is 0 Å². The lowest BCUT2D eigenvalue weighted by atomic mass is 10.1. The zero-order chi connectivity index (χ0) is 11.0. The van der Waals surface area contributed by atoms with Gasteiger partial charge in [-0.3, -0.25) is 0 Å². The summed E-state index contributed by atoms with van der Waals surface area (Å²) in [6, 6.07) is 2.18. The van der Waals surface area contributed by atoms with Crippen LogP contribution in [0.5, 0.6) is 0 Å². The van der Waals surface area contributed by atoms with E-state index in [0.717, 1.165) is 0 Å². The molecule has 0 aliphatic carbocycles. The van der Waals surface area contributed by atoms with E-state index in [4.69, 9.17) is 0 Å². The van der Waals surface area contributed by atoms with Crippen molar-refractivity contribution in [2.45, 2.75) is 18.7 Å². The zero-order valence-electron chi connectivity index (χ0n) is 8.38. The maximum absolute atomic E-state index is 3.78. The standard InChI is InChI=1S/C11H10Br2S2/c1-6-4-14-5-8(6)10(13)11-9(12)3-7(2)15-11/h3-5,10H,1-2H3. The molecule has 2 rings (SSSR count). The fourth-order valence-corrected chi connectivity index (χ4v) is 5.70. The van der Waals surface area contributed by atoms with E-state index in [1.807, 2.05) is 11.3 Å². The molecule has 1 unspecified atom stereocenters. The summed E-state index contributed by atoms with van der Waals surface area (Å²) in [5.41, 5.74) is 2.74. The topological polar surface area (TPSA) is 0 Å². The van der Waals surface area contributed by atoms with Crippen LogP contribution in [0.1, 0.15) is 25.7 Å². The van der Waals surface area contributed by atoms with Gasteiger partial charge in [0.05, 0.1) is 4.83 Å². The average Bonchev–Trinajstić information content (AvgIpc) is 2.71. The van der Waals surface area contributed by atoms with E-state index < -0.39 is 0 Å². The van der Waals surface area contributed by atoms with E-state index in [9.17, 15) is 0 Å². The van der Waals surface area contributed by atoms with E-state index in [-0.39, 0.29) is 0 Å². The summed E-state index contributed by atoms with van der Waals surface area (Å²) in [5.74, 6) is 0. The van der Waals surface area contributed by atoms with Crippen LogP contribution in [0.15, 0.2) is 21.3 Å². The van der Waals surface area contributed by atoms with Gasteiger partial charge in [-0.15, -0.1) is 11.3 Å². The van der Waals surface area contributed by atoms with E-state index >= 15 is 0 Å². The molecule has 0 spiro atoms. The number of aryl methyl sites for hydroxylation is 2. The molecule has 15 heavy (non-hydrogen) atoms. The molecular formula is C11H10Br2S2. The Bertz CT molecular complexity index is 471. The van der Waals surface area contributed by atoms with Crippen molar-refractivity contribution in [2.75, 3.05) is 0 Å². The SMILES string of the molecule is Cc1cc(Br)c(C(Br)c2cscc2C)s1. The smallest absolute Gasteiger partial charge is 0.0760 e. The molecule has 4 heteroatoms. The fourth-order valence-electron chi connectivity index (χ4n) is 1.45. The van der Waals surface area contributed by atoms with Gasteiger partial charge in [0.25, 0.3) is 0 Å². The first-order valence-corrected chi connectivity index (χ1v) is 7.99. The normalized spacial score (nSPS) is 13.1. The maximum Gasteiger partial charge on any atom is 0.0760 e. The van der Waals surface area contributed by atoms with Gasteiger partial charge in [-0.05, 0) is 57.7 Å².